The minimum Gasteiger partial charge on any atom is -0.490 e. The summed E-state index contributed by atoms with van der Waals surface area (Å²) in [6, 6.07) is 16.0. The Hall–Kier alpha value is -2.59. The van der Waals surface area contributed by atoms with E-state index in [0.29, 0.717) is 6.61 Å². The number of benzene rings is 2. The Labute approximate surface area is 161 Å². The summed E-state index contributed by atoms with van der Waals surface area (Å²) in [5.41, 5.74) is 3.52. The first-order chi connectivity index (χ1) is 13.2. The van der Waals surface area contributed by atoms with Gasteiger partial charge in [-0.05, 0) is 68.2 Å². The summed E-state index contributed by atoms with van der Waals surface area (Å²) in [4.78, 5) is 15.0. The van der Waals surface area contributed by atoms with Crippen molar-refractivity contribution in [2.45, 2.75) is 26.3 Å². The molecule has 1 fully saturated rings. The second-order valence-corrected chi connectivity index (χ2v) is 7.09. The summed E-state index contributed by atoms with van der Waals surface area (Å²) < 4.78 is 5.46. The monoisotopic (exact) mass is 364 g/mol. The Bertz CT molecular complexity index is 762. The van der Waals surface area contributed by atoms with Crippen LogP contribution in [-0.4, -0.2) is 30.5 Å². The van der Waals surface area contributed by atoms with Crippen LogP contribution < -0.4 is 10.1 Å². The minimum atomic E-state index is 0.0785. The lowest BCUT2D eigenvalue weighted by Crippen LogP contribution is -2.37. The van der Waals surface area contributed by atoms with Crippen LogP contribution >= 0.6 is 0 Å². The minimum absolute atomic E-state index is 0.0785. The highest BCUT2D eigenvalue weighted by Crippen LogP contribution is 2.22. The van der Waals surface area contributed by atoms with Crippen molar-refractivity contribution in [3.8, 4) is 5.75 Å². The molecule has 0 saturated carbocycles. The van der Waals surface area contributed by atoms with Crippen molar-refractivity contribution >= 4 is 11.6 Å². The summed E-state index contributed by atoms with van der Waals surface area (Å²) in [6.45, 7) is 9.15. The van der Waals surface area contributed by atoms with Crippen LogP contribution in [0.3, 0.4) is 0 Å². The van der Waals surface area contributed by atoms with E-state index in [1.165, 1.54) is 11.1 Å². The highest BCUT2D eigenvalue weighted by Gasteiger charge is 2.25. The fourth-order valence-electron chi connectivity index (χ4n) is 3.42. The standard InChI is InChI=1S/C23H28N2O2/c1-3-16-27-22-10-8-21(9-11-22)24-23(26)19-12-14-25(15-13-19)17-20-7-5-4-6-18(20)2/h3-11,19H,1,12-17H2,2H3,(H,24,26). The van der Waals surface area contributed by atoms with Crippen molar-refractivity contribution in [2.24, 2.45) is 5.92 Å². The SMILES string of the molecule is C=CCOc1ccc(NC(=O)C2CCN(Cc3ccccc3C)CC2)cc1. The van der Waals surface area contributed by atoms with Gasteiger partial charge in [-0.3, -0.25) is 9.69 Å². The maximum atomic E-state index is 12.6. The third-order valence-corrected chi connectivity index (χ3v) is 5.10. The zero-order valence-corrected chi connectivity index (χ0v) is 16.0. The van der Waals surface area contributed by atoms with E-state index in [0.717, 1.165) is 43.9 Å². The van der Waals surface area contributed by atoms with Gasteiger partial charge in [-0.25, -0.2) is 0 Å². The Morgan fingerprint density at radius 3 is 2.56 bits per heavy atom. The number of rotatable bonds is 7. The van der Waals surface area contributed by atoms with Crippen LogP contribution in [0.5, 0.6) is 5.75 Å². The number of hydrogen-bond donors (Lipinski definition) is 1. The summed E-state index contributed by atoms with van der Waals surface area (Å²) >= 11 is 0. The zero-order valence-electron chi connectivity index (χ0n) is 16.0. The number of ether oxygens (including phenoxy) is 1. The van der Waals surface area contributed by atoms with Crippen LogP contribution in [0, 0.1) is 12.8 Å². The molecular formula is C23H28N2O2. The largest absolute Gasteiger partial charge is 0.490 e. The van der Waals surface area contributed by atoms with Gasteiger partial charge in [0.15, 0.2) is 0 Å². The summed E-state index contributed by atoms with van der Waals surface area (Å²) in [5, 5.41) is 3.04. The van der Waals surface area contributed by atoms with E-state index in [2.05, 4.69) is 48.0 Å². The molecule has 0 unspecified atom stereocenters. The van der Waals surface area contributed by atoms with Gasteiger partial charge in [0.1, 0.15) is 12.4 Å². The molecule has 27 heavy (non-hydrogen) atoms. The second-order valence-electron chi connectivity index (χ2n) is 7.09. The van der Waals surface area contributed by atoms with E-state index >= 15 is 0 Å². The van der Waals surface area contributed by atoms with Crippen LogP contribution in [0.2, 0.25) is 0 Å². The van der Waals surface area contributed by atoms with Crippen LogP contribution in [0.1, 0.15) is 24.0 Å². The number of nitrogens with zero attached hydrogens (tertiary/aromatic N) is 1. The Kier molecular flexibility index (Phi) is 6.66. The third-order valence-electron chi connectivity index (χ3n) is 5.10. The topological polar surface area (TPSA) is 41.6 Å². The first kappa shape index (κ1) is 19.2. The number of likely N-dealkylation sites (tertiary alicyclic amines) is 1. The van der Waals surface area contributed by atoms with Crippen LogP contribution in [-0.2, 0) is 11.3 Å². The molecule has 142 valence electrons. The Morgan fingerprint density at radius 2 is 1.89 bits per heavy atom. The van der Waals surface area contributed by atoms with E-state index in [-0.39, 0.29) is 11.8 Å². The van der Waals surface area contributed by atoms with E-state index in [1.807, 2.05) is 24.3 Å². The molecule has 1 amide bonds. The molecule has 2 aromatic carbocycles. The molecule has 0 aliphatic carbocycles. The summed E-state index contributed by atoms with van der Waals surface area (Å²) in [7, 11) is 0. The maximum Gasteiger partial charge on any atom is 0.227 e. The number of nitrogens with one attached hydrogen (secondary N) is 1. The van der Waals surface area contributed by atoms with Gasteiger partial charge in [-0.2, -0.15) is 0 Å². The first-order valence-electron chi connectivity index (χ1n) is 9.57. The van der Waals surface area contributed by atoms with Gasteiger partial charge in [0, 0.05) is 18.2 Å². The molecule has 1 saturated heterocycles. The second kappa shape index (κ2) is 9.38. The highest BCUT2D eigenvalue weighted by atomic mass is 16.5. The number of carbonyl (C=O) groups is 1. The van der Waals surface area contributed by atoms with E-state index in [4.69, 9.17) is 4.74 Å². The van der Waals surface area contributed by atoms with Crippen molar-refractivity contribution in [3.05, 3.63) is 72.3 Å². The lowest BCUT2D eigenvalue weighted by molar-refractivity contribution is -0.121. The van der Waals surface area contributed by atoms with Crippen LogP contribution in [0.25, 0.3) is 0 Å². The lowest BCUT2D eigenvalue weighted by Gasteiger charge is -2.31. The van der Waals surface area contributed by atoms with Gasteiger partial charge >= 0.3 is 0 Å². The Morgan fingerprint density at radius 1 is 1.19 bits per heavy atom. The molecule has 1 aliphatic heterocycles. The van der Waals surface area contributed by atoms with E-state index < -0.39 is 0 Å². The summed E-state index contributed by atoms with van der Waals surface area (Å²) in [6.07, 6.45) is 3.51. The summed E-state index contributed by atoms with van der Waals surface area (Å²) in [5.74, 6) is 0.970. The third kappa shape index (κ3) is 5.44. The predicted molar refractivity (Wildman–Crippen MR) is 110 cm³/mol. The molecule has 0 spiro atoms. The molecule has 4 nitrogen and oxygen atoms in total. The van der Waals surface area contributed by atoms with Crippen molar-refractivity contribution in [1.29, 1.82) is 0 Å². The number of hydrogen-bond acceptors (Lipinski definition) is 3. The van der Waals surface area contributed by atoms with Gasteiger partial charge in [-0.1, -0.05) is 36.9 Å². The molecule has 0 bridgehead atoms. The van der Waals surface area contributed by atoms with E-state index in [1.54, 1.807) is 6.08 Å². The van der Waals surface area contributed by atoms with Crippen LogP contribution in [0.4, 0.5) is 5.69 Å². The quantitative estimate of drug-likeness (QED) is 0.740. The van der Waals surface area contributed by atoms with Crippen molar-refractivity contribution in [2.75, 3.05) is 25.0 Å². The van der Waals surface area contributed by atoms with Crippen LogP contribution in [0.15, 0.2) is 61.2 Å². The number of aryl methyl sites for hydroxylation is 1. The normalized spacial score (nSPS) is 15.3. The van der Waals surface area contributed by atoms with Gasteiger partial charge in [0.2, 0.25) is 5.91 Å². The van der Waals surface area contributed by atoms with Gasteiger partial charge < -0.3 is 10.1 Å². The molecule has 2 aromatic rings. The fraction of sp³-hybridized carbons (Fsp3) is 0.348. The average Bonchev–Trinajstić information content (AvgIpc) is 2.70. The van der Waals surface area contributed by atoms with Gasteiger partial charge in [0.05, 0.1) is 0 Å². The predicted octanol–water partition coefficient (Wildman–Crippen LogP) is 4.41. The molecule has 0 radical (unpaired) electrons. The molecule has 0 atom stereocenters. The highest BCUT2D eigenvalue weighted by molar-refractivity contribution is 5.92. The smallest absolute Gasteiger partial charge is 0.227 e. The van der Waals surface area contributed by atoms with Crippen molar-refractivity contribution in [1.82, 2.24) is 4.90 Å². The molecular weight excluding hydrogens is 336 g/mol. The average molecular weight is 364 g/mol. The van der Waals surface area contributed by atoms with E-state index in [9.17, 15) is 4.79 Å². The number of piperidine rings is 1. The van der Waals surface area contributed by atoms with Crippen molar-refractivity contribution < 1.29 is 9.53 Å². The lowest BCUT2D eigenvalue weighted by atomic mass is 9.95. The first-order valence-corrected chi connectivity index (χ1v) is 9.57. The molecule has 1 aliphatic rings. The number of carbonyl (C=O) groups excluding carboxylic acids is 1. The van der Waals surface area contributed by atoms with Gasteiger partial charge in [-0.15, -0.1) is 0 Å². The zero-order chi connectivity index (χ0) is 19.1. The fourth-order valence-corrected chi connectivity index (χ4v) is 3.42. The molecule has 1 N–H and O–H groups in total. The number of anilines is 1. The molecule has 4 heteroatoms. The molecule has 0 aromatic heterocycles. The molecule has 1 heterocycles. The van der Waals surface area contributed by atoms with Crippen molar-refractivity contribution in [3.63, 3.8) is 0 Å². The van der Waals surface area contributed by atoms with Gasteiger partial charge in [0.25, 0.3) is 0 Å². The maximum absolute atomic E-state index is 12.6. The molecule has 3 rings (SSSR count). The number of amides is 1. The Balaban J connectivity index is 1.47.